The zero-order valence-corrected chi connectivity index (χ0v) is 9.48. The first kappa shape index (κ1) is 10.0. The van der Waals surface area contributed by atoms with Crippen LogP contribution in [0.1, 0.15) is 10.4 Å². The van der Waals surface area contributed by atoms with Gasteiger partial charge in [0.1, 0.15) is 12.6 Å². The summed E-state index contributed by atoms with van der Waals surface area (Å²) in [7, 11) is 1.49. The molecule has 2 aromatic rings. The molecule has 0 unspecified atom stereocenters. The van der Waals surface area contributed by atoms with E-state index in [1.807, 2.05) is 6.07 Å². The Kier molecular flexibility index (Phi) is 2.40. The van der Waals surface area contributed by atoms with Gasteiger partial charge in [-0.15, -0.1) is 0 Å². The van der Waals surface area contributed by atoms with Gasteiger partial charge in [-0.2, -0.15) is 4.73 Å². The quantitative estimate of drug-likeness (QED) is 0.909. The van der Waals surface area contributed by atoms with Gasteiger partial charge >= 0.3 is 5.97 Å². The predicted molar refractivity (Wildman–Crippen MR) is 59.1 cm³/mol. The average molecular weight is 270 g/mol. The molecule has 0 amide bonds. The molecular weight excluding hydrogens is 262 g/mol. The molecule has 1 N–H and O–H groups in total. The molecule has 2 rings (SSSR count). The first-order chi connectivity index (χ1) is 7.15. The van der Waals surface area contributed by atoms with Crippen molar-refractivity contribution in [1.29, 1.82) is 0 Å². The highest BCUT2D eigenvalue weighted by molar-refractivity contribution is 9.10. The Labute approximate surface area is 94.2 Å². The molecule has 1 aromatic heterocycles. The van der Waals surface area contributed by atoms with Crippen molar-refractivity contribution < 1.29 is 14.7 Å². The lowest BCUT2D eigenvalue weighted by atomic mass is 10.2. The van der Waals surface area contributed by atoms with Gasteiger partial charge in [-0.1, -0.05) is 12.1 Å². The van der Waals surface area contributed by atoms with Crippen molar-refractivity contribution in [3.8, 4) is 0 Å². The van der Waals surface area contributed by atoms with Crippen LogP contribution in [0.5, 0.6) is 0 Å². The lowest BCUT2D eigenvalue weighted by Gasteiger charge is -2.02. The van der Waals surface area contributed by atoms with Crippen LogP contribution >= 0.6 is 15.9 Å². The molecule has 0 aliphatic heterocycles. The number of nitrogens with zero attached hydrogens (tertiary/aromatic N) is 1. The summed E-state index contributed by atoms with van der Waals surface area (Å²) in [5.41, 5.74) is 0.950. The van der Waals surface area contributed by atoms with E-state index in [9.17, 15) is 4.79 Å². The number of carbonyl (C=O) groups is 1. The van der Waals surface area contributed by atoms with Crippen LogP contribution in [0.4, 0.5) is 0 Å². The number of carboxylic acids is 1. The number of halogens is 1. The van der Waals surface area contributed by atoms with Gasteiger partial charge in [0.05, 0.1) is 11.8 Å². The fourth-order valence-electron chi connectivity index (χ4n) is 1.52. The molecule has 78 valence electrons. The number of hydrogen-bond acceptors (Lipinski definition) is 2. The van der Waals surface area contributed by atoms with Crippen LogP contribution in [0.2, 0.25) is 0 Å². The summed E-state index contributed by atoms with van der Waals surface area (Å²) in [6, 6.07) is 5.38. The van der Waals surface area contributed by atoms with E-state index in [-0.39, 0.29) is 5.56 Å². The summed E-state index contributed by atoms with van der Waals surface area (Å²) in [6.07, 6.45) is 1.46. The number of aromatic nitrogens is 1. The Hall–Kier alpha value is -1.49. The van der Waals surface area contributed by atoms with Crippen molar-refractivity contribution >= 4 is 32.8 Å². The standard InChI is InChI=1S/C10H8BrNO3/c1-15-12-5-7(10(13)14)6-3-2-4-8(11)9(6)12/h2-5H,1H3,(H,13,14). The van der Waals surface area contributed by atoms with Gasteiger partial charge in [0.2, 0.25) is 0 Å². The highest BCUT2D eigenvalue weighted by Gasteiger charge is 2.15. The summed E-state index contributed by atoms with van der Waals surface area (Å²) >= 11 is 3.36. The highest BCUT2D eigenvalue weighted by Crippen LogP contribution is 2.27. The summed E-state index contributed by atoms with van der Waals surface area (Å²) in [5.74, 6) is -0.964. The Morgan fingerprint density at radius 1 is 1.53 bits per heavy atom. The molecule has 5 heteroatoms. The maximum atomic E-state index is 11.0. The molecular formula is C10H8BrNO3. The molecule has 0 fully saturated rings. The van der Waals surface area contributed by atoms with Gasteiger partial charge in [-0.25, -0.2) is 4.79 Å². The third-order valence-electron chi connectivity index (χ3n) is 2.17. The molecule has 15 heavy (non-hydrogen) atoms. The maximum Gasteiger partial charge on any atom is 0.338 e. The number of hydrogen-bond donors (Lipinski definition) is 1. The lowest BCUT2D eigenvalue weighted by molar-refractivity contribution is 0.0696. The zero-order chi connectivity index (χ0) is 11.0. The minimum absolute atomic E-state index is 0.230. The summed E-state index contributed by atoms with van der Waals surface area (Å²) < 4.78 is 2.23. The summed E-state index contributed by atoms with van der Waals surface area (Å²) in [4.78, 5) is 16.0. The van der Waals surface area contributed by atoms with Crippen LogP contribution < -0.4 is 4.84 Å². The van der Waals surface area contributed by atoms with Gasteiger partial charge in [0.15, 0.2) is 0 Å². The molecule has 0 atom stereocenters. The van der Waals surface area contributed by atoms with Crippen molar-refractivity contribution in [3.05, 3.63) is 34.4 Å². The third kappa shape index (κ3) is 1.48. The number of para-hydroxylation sites is 1. The molecule has 1 aromatic carbocycles. The molecule has 0 saturated heterocycles. The summed E-state index contributed by atoms with van der Waals surface area (Å²) in [6.45, 7) is 0. The van der Waals surface area contributed by atoms with Crippen LogP contribution in [-0.2, 0) is 0 Å². The molecule has 0 bridgehead atoms. The van der Waals surface area contributed by atoms with Gasteiger partial charge in [0, 0.05) is 9.86 Å². The minimum atomic E-state index is -0.964. The predicted octanol–water partition coefficient (Wildman–Crippen LogP) is 2.16. The van der Waals surface area contributed by atoms with Gasteiger partial charge in [-0.3, -0.25) is 0 Å². The molecule has 0 aliphatic rings. The third-order valence-corrected chi connectivity index (χ3v) is 2.81. The van der Waals surface area contributed by atoms with E-state index in [0.717, 1.165) is 9.99 Å². The first-order valence-corrected chi connectivity index (χ1v) is 5.02. The van der Waals surface area contributed by atoms with E-state index < -0.39 is 5.97 Å². The number of rotatable bonds is 2. The lowest BCUT2D eigenvalue weighted by Crippen LogP contribution is -2.03. The molecule has 4 nitrogen and oxygen atoms in total. The van der Waals surface area contributed by atoms with E-state index in [0.29, 0.717) is 5.39 Å². The van der Waals surface area contributed by atoms with Crippen molar-refractivity contribution in [2.45, 2.75) is 0 Å². The van der Waals surface area contributed by atoms with E-state index >= 15 is 0 Å². The fourth-order valence-corrected chi connectivity index (χ4v) is 2.06. The molecule has 1 heterocycles. The topological polar surface area (TPSA) is 51.5 Å². The minimum Gasteiger partial charge on any atom is -0.478 e. The number of carboxylic acid groups (broad SMARTS) is 1. The monoisotopic (exact) mass is 269 g/mol. The second-order valence-electron chi connectivity index (χ2n) is 2.99. The maximum absolute atomic E-state index is 11.0. The van der Waals surface area contributed by atoms with Gasteiger partial charge in [0.25, 0.3) is 0 Å². The Bertz CT molecular complexity index is 533. The second kappa shape index (κ2) is 3.58. The van der Waals surface area contributed by atoms with Crippen LogP contribution in [0.25, 0.3) is 10.9 Å². The van der Waals surface area contributed by atoms with Crippen LogP contribution in [0.15, 0.2) is 28.9 Å². The van der Waals surface area contributed by atoms with Gasteiger partial charge < -0.3 is 9.94 Å². The largest absolute Gasteiger partial charge is 0.478 e. The Morgan fingerprint density at radius 2 is 2.27 bits per heavy atom. The average Bonchev–Trinajstić information content (AvgIpc) is 2.58. The normalized spacial score (nSPS) is 10.5. The van der Waals surface area contributed by atoms with Crippen LogP contribution in [-0.4, -0.2) is 22.9 Å². The van der Waals surface area contributed by atoms with Crippen LogP contribution in [0, 0.1) is 0 Å². The molecule has 0 radical (unpaired) electrons. The molecule has 0 saturated carbocycles. The molecule has 0 aliphatic carbocycles. The zero-order valence-electron chi connectivity index (χ0n) is 7.90. The van der Waals surface area contributed by atoms with E-state index in [2.05, 4.69) is 15.9 Å². The molecule has 0 spiro atoms. The smallest absolute Gasteiger partial charge is 0.338 e. The van der Waals surface area contributed by atoms with E-state index in [1.54, 1.807) is 12.1 Å². The number of fused-ring (bicyclic) bond motifs is 1. The van der Waals surface area contributed by atoms with E-state index in [1.165, 1.54) is 18.0 Å². The highest BCUT2D eigenvalue weighted by atomic mass is 79.9. The number of benzene rings is 1. The Balaban J connectivity index is 2.87. The Morgan fingerprint density at radius 3 is 2.87 bits per heavy atom. The van der Waals surface area contributed by atoms with Crippen molar-refractivity contribution in [2.75, 3.05) is 7.11 Å². The van der Waals surface area contributed by atoms with Crippen molar-refractivity contribution in [1.82, 2.24) is 4.73 Å². The fraction of sp³-hybridized carbons (Fsp3) is 0.100. The number of aromatic carboxylic acids is 1. The summed E-state index contributed by atoms with van der Waals surface area (Å²) in [5, 5.41) is 9.65. The van der Waals surface area contributed by atoms with Gasteiger partial charge in [-0.05, 0) is 22.0 Å². The van der Waals surface area contributed by atoms with Crippen molar-refractivity contribution in [3.63, 3.8) is 0 Å². The first-order valence-electron chi connectivity index (χ1n) is 4.22. The second-order valence-corrected chi connectivity index (χ2v) is 3.85. The van der Waals surface area contributed by atoms with Crippen molar-refractivity contribution in [2.24, 2.45) is 0 Å². The van der Waals surface area contributed by atoms with Crippen LogP contribution in [0.3, 0.4) is 0 Å². The SMILES string of the molecule is COn1cc(C(=O)O)c2cccc(Br)c21. The van der Waals surface area contributed by atoms with E-state index in [4.69, 9.17) is 9.94 Å².